The van der Waals surface area contributed by atoms with Gasteiger partial charge in [-0.15, -0.1) is 16.4 Å². The van der Waals surface area contributed by atoms with Crippen molar-refractivity contribution in [3.63, 3.8) is 0 Å². The first kappa shape index (κ1) is 21.7. The third-order valence-electron chi connectivity index (χ3n) is 5.33. The van der Waals surface area contributed by atoms with Crippen molar-refractivity contribution in [2.24, 2.45) is 0 Å². The Morgan fingerprint density at radius 1 is 1.09 bits per heavy atom. The maximum absolute atomic E-state index is 11.2. The summed E-state index contributed by atoms with van der Waals surface area (Å²) in [5.41, 5.74) is 7.65. The number of thiazole rings is 1. The second-order valence-electron chi connectivity index (χ2n) is 7.93. The molecule has 0 radical (unpaired) electrons. The molecule has 0 saturated carbocycles. The Balaban J connectivity index is 1.38. The lowest BCUT2D eigenvalue weighted by Crippen LogP contribution is -2.16. The second-order valence-corrected chi connectivity index (χ2v) is 8.81. The number of nitrogens with zero attached hydrogens (tertiary/aromatic N) is 5. The standard InChI is InChI=1S/C25H22N6O2S/c1-15(18-5-4-6-19(9-18)21-12-27-31(13-21)33-17(3)32)28-25-11-23(29-16(2)30-25)20-7-8-22-24(10-20)34-14-26-22/h4-15H,1-3H3,(H,28,29,30). The van der Waals surface area contributed by atoms with E-state index < -0.39 is 5.97 Å². The maximum atomic E-state index is 11.2. The Labute approximate surface area is 200 Å². The smallest absolute Gasteiger partial charge is 0.331 e. The monoisotopic (exact) mass is 470 g/mol. The molecular weight excluding hydrogens is 448 g/mol. The molecule has 3 heterocycles. The van der Waals surface area contributed by atoms with Crippen LogP contribution in [-0.4, -0.2) is 30.9 Å². The lowest BCUT2D eigenvalue weighted by Gasteiger charge is -2.17. The van der Waals surface area contributed by atoms with Crippen LogP contribution in [0.3, 0.4) is 0 Å². The Bertz CT molecular complexity index is 1490. The quantitative estimate of drug-likeness (QED) is 0.370. The number of aryl methyl sites for hydroxylation is 1. The number of nitrogens with one attached hydrogen (secondary N) is 1. The van der Waals surface area contributed by atoms with Gasteiger partial charge in [-0.3, -0.25) is 0 Å². The summed E-state index contributed by atoms with van der Waals surface area (Å²) in [6, 6.07) is 16.3. The van der Waals surface area contributed by atoms with Crippen LogP contribution >= 0.6 is 11.3 Å². The van der Waals surface area contributed by atoms with E-state index in [9.17, 15) is 4.79 Å². The minimum Gasteiger partial charge on any atom is -0.363 e. The molecular formula is C25H22N6O2S. The molecule has 0 aliphatic heterocycles. The fraction of sp³-hybridized carbons (Fsp3) is 0.160. The zero-order valence-electron chi connectivity index (χ0n) is 18.9. The van der Waals surface area contributed by atoms with Gasteiger partial charge in [-0.1, -0.05) is 29.1 Å². The molecule has 170 valence electrons. The van der Waals surface area contributed by atoms with E-state index in [-0.39, 0.29) is 6.04 Å². The van der Waals surface area contributed by atoms with E-state index >= 15 is 0 Å². The molecule has 1 unspecified atom stereocenters. The molecule has 0 bridgehead atoms. The topological polar surface area (TPSA) is 94.8 Å². The van der Waals surface area contributed by atoms with Crippen LogP contribution in [0, 0.1) is 6.92 Å². The van der Waals surface area contributed by atoms with Gasteiger partial charge < -0.3 is 10.2 Å². The number of hydrogen-bond donors (Lipinski definition) is 1. The van der Waals surface area contributed by atoms with E-state index in [0.717, 1.165) is 44.0 Å². The van der Waals surface area contributed by atoms with Gasteiger partial charge in [0.05, 0.1) is 33.8 Å². The molecule has 1 N–H and O–H groups in total. The van der Waals surface area contributed by atoms with Crippen LogP contribution in [0.4, 0.5) is 5.82 Å². The summed E-state index contributed by atoms with van der Waals surface area (Å²) in [7, 11) is 0. The Morgan fingerprint density at radius 3 is 2.82 bits per heavy atom. The number of carbonyl (C=O) groups excluding carboxylic acids is 1. The summed E-state index contributed by atoms with van der Waals surface area (Å²) < 4.78 is 1.13. The van der Waals surface area contributed by atoms with E-state index in [2.05, 4.69) is 50.5 Å². The van der Waals surface area contributed by atoms with Gasteiger partial charge in [0.25, 0.3) is 0 Å². The summed E-state index contributed by atoms with van der Waals surface area (Å²) in [6.45, 7) is 5.32. The van der Waals surface area contributed by atoms with Crippen LogP contribution in [0.25, 0.3) is 32.6 Å². The van der Waals surface area contributed by atoms with Crippen molar-refractivity contribution in [2.45, 2.75) is 26.8 Å². The highest BCUT2D eigenvalue weighted by Gasteiger charge is 2.12. The van der Waals surface area contributed by atoms with Gasteiger partial charge in [-0.25, -0.2) is 19.7 Å². The van der Waals surface area contributed by atoms with Gasteiger partial charge in [0, 0.05) is 30.2 Å². The summed E-state index contributed by atoms with van der Waals surface area (Å²) >= 11 is 1.62. The molecule has 5 rings (SSSR count). The molecule has 0 aliphatic carbocycles. The van der Waals surface area contributed by atoms with Crippen molar-refractivity contribution >= 4 is 33.3 Å². The van der Waals surface area contributed by atoms with Crippen molar-refractivity contribution in [1.82, 2.24) is 24.9 Å². The van der Waals surface area contributed by atoms with Crippen LogP contribution in [0.5, 0.6) is 0 Å². The zero-order valence-corrected chi connectivity index (χ0v) is 19.7. The zero-order chi connectivity index (χ0) is 23.7. The van der Waals surface area contributed by atoms with Crippen LogP contribution in [0.1, 0.15) is 31.3 Å². The number of carbonyl (C=O) groups is 1. The second kappa shape index (κ2) is 9.03. The Morgan fingerprint density at radius 2 is 1.97 bits per heavy atom. The molecule has 8 nitrogen and oxygen atoms in total. The molecule has 1 atom stereocenters. The van der Waals surface area contributed by atoms with Crippen LogP contribution in [-0.2, 0) is 4.79 Å². The lowest BCUT2D eigenvalue weighted by molar-refractivity contribution is -0.143. The predicted octanol–water partition coefficient (Wildman–Crippen LogP) is 5.07. The van der Waals surface area contributed by atoms with E-state index in [1.54, 1.807) is 23.7 Å². The molecule has 0 fully saturated rings. The summed E-state index contributed by atoms with van der Waals surface area (Å²) in [5.74, 6) is 1.03. The molecule has 0 saturated heterocycles. The third-order valence-corrected chi connectivity index (χ3v) is 6.12. The molecule has 2 aromatic carbocycles. The predicted molar refractivity (Wildman–Crippen MR) is 132 cm³/mol. The van der Waals surface area contributed by atoms with Crippen LogP contribution < -0.4 is 10.2 Å². The average Bonchev–Trinajstić information content (AvgIpc) is 3.47. The van der Waals surface area contributed by atoms with Gasteiger partial charge in [-0.05, 0) is 43.2 Å². The first-order valence-corrected chi connectivity index (χ1v) is 11.6. The molecule has 3 aromatic heterocycles. The lowest BCUT2D eigenvalue weighted by atomic mass is 10.0. The van der Waals surface area contributed by atoms with Crippen LogP contribution in [0.15, 0.2) is 66.4 Å². The first-order valence-electron chi connectivity index (χ1n) is 10.7. The van der Waals surface area contributed by atoms with E-state index in [1.165, 1.54) is 11.8 Å². The van der Waals surface area contributed by atoms with Crippen molar-refractivity contribution in [3.8, 4) is 22.4 Å². The average molecular weight is 471 g/mol. The summed E-state index contributed by atoms with van der Waals surface area (Å²) in [4.78, 5) is 30.9. The van der Waals surface area contributed by atoms with Gasteiger partial charge in [0.15, 0.2) is 0 Å². The van der Waals surface area contributed by atoms with Crippen molar-refractivity contribution in [3.05, 3.63) is 77.8 Å². The molecule has 0 aliphatic rings. The highest BCUT2D eigenvalue weighted by atomic mass is 32.1. The Kier molecular flexibility index (Phi) is 5.77. The molecule has 0 spiro atoms. The van der Waals surface area contributed by atoms with Gasteiger partial charge in [-0.2, -0.15) is 0 Å². The number of rotatable bonds is 6. The van der Waals surface area contributed by atoms with Gasteiger partial charge in [0.2, 0.25) is 0 Å². The number of anilines is 1. The summed E-state index contributed by atoms with van der Waals surface area (Å²) in [5, 5.41) is 7.58. The van der Waals surface area contributed by atoms with E-state index in [4.69, 9.17) is 4.84 Å². The molecule has 9 heteroatoms. The summed E-state index contributed by atoms with van der Waals surface area (Å²) in [6.07, 6.45) is 3.35. The van der Waals surface area contributed by atoms with Gasteiger partial charge >= 0.3 is 5.97 Å². The van der Waals surface area contributed by atoms with E-state index in [0.29, 0.717) is 5.82 Å². The fourth-order valence-electron chi connectivity index (χ4n) is 3.73. The minimum atomic E-state index is -0.423. The molecule has 0 amide bonds. The SMILES string of the molecule is CC(=O)On1cc(-c2cccc(C(C)Nc3cc(-c4ccc5ncsc5c4)nc(C)n3)c2)cn1. The van der Waals surface area contributed by atoms with Crippen LogP contribution in [0.2, 0.25) is 0 Å². The molecule has 5 aromatic rings. The molecule has 34 heavy (non-hydrogen) atoms. The van der Waals surface area contributed by atoms with Crippen molar-refractivity contribution in [1.29, 1.82) is 0 Å². The van der Waals surface area contributed by atoms with Gasteiger partial charge in [0.1, 0.15) is 11.6 Å². The van der Waals surface area contributed by atoms with E-state index in [1.807, 2.05) is 42.8 Å². The first-order chi connectivity index (χ1) is 16.4. The fourth-order valence-corrected chi connectivity index (χ4v) is 4.45. The number of hydrogen-bond acceptors (Lipinski definition) is 8. The minimum absolute atomic E-state index is 0.00501. The highest BCUT2D eigenvalue weighted by molar-refractivity contribution is 7.16. The third kappa shape index (κ3) is 4.65. The van der Waals surface area contributed by atoms with Crippen molar-refractivity contribution in [2.75, 3.05) is 5.32 Å². The van der Waals surface area contributed by atoms with Crippen molar-refractivity contribution < 1.29 is 9.63 Å². The largest absolute Gasteiger partial charge is 0.363 e. The highest BCUT2D eigenvalue weighted by Crippen LogP contribution is 2.28. The number of fused-ring (bicyclic) bond motifs is 1. The number of aromatic nitrogens is 5. The maximum Gasteiger partial charge on any atom is 0.331 e. The number of benzene rings is 2. The normalized spacial score (nSPS) is 12.0. The Hall–Kier alpha value is -4.11.